The van der Waals surface area contributed by atoms with Crippen molar-refractivity contribution < 1.29 is 13.9 Å². The van der Waals surface area contributed by atoms with Gasteiger partial charge in [0.25, 0.3) is 0 Å². The Balaban J connectivity index is 1.94. The van der Waals surface area contributed by atoms with Gasteiger partial charge in [-0.1, -0.05) is 0 Å². The van der Waals surface area contributed by atoms with Gasteiger partial charge in [-0.05, 0) is 13.0 Å². The maximum atomic E-state index is 12.9. The van der Waals surface area contributed by atoms with Crippen LogP contribution in [0.4, 0.5) is 10.1 Å². The number of morpholine rings is 1. The molecular formula is C12H16FN3O2. The van der Waals surface area contributed by atoms with Crippen molar-refractivity contribution in [3.8, 4) is 0 Å². The highest BCUT2D eigenvalue weighted by Crippen LogP contribution is 2.10. The van der Waals surface area contributed by atoms with Crippen LogP contribution in [-0.2, 0) is 9.53 Å². The molecule has 98 valence electrons. The fourth-order valence-electron chi connectivity index (χ4n) is 1.86. The van der Waals surface area contributed by atoms with Gasteiger partial charge < -0.3 is 15.0 Å². The summed E-state index contributed by atoms with van der Waals surface area (Å²) in [5, 5.41) is 2.97. The number of nitrogens with zero attached hydrogens (tertiary/aromatic N) is 2. The average molecular weight is 253 g/mol. The van der Waals surface area contributed by atoms with Crippen LogP contribution in [0.5, 0.6) is 0 Å². The summed E-state index contributed by atoms with van der Waals surface area (Å²) in [6.07, 6.45) is 1.36. The van der Waals surface area contributed by atoms with Gasteiger partial charge in [0.15, 0.2) is 0 Å². The Kier molecular flexibility index (Phi) is 4.09. The summed E-state index contributed by atoms with van der Waals surface area (Å²) < 4.78 is 18.1. The van der Waals surface area contributed by atoms with Gasteiger partial charge >= 0.3 is 0 Å². The lowest BCUT2D eigenvalue weighted by Crippen LogP contribution is -2.47. The molecule has 5 nitrogen and oxygen atoms in total. The topological polar surface area (TPSA) is 54.5 Å². The molecule has 1 N–H and O–H groups in total. The fourth-order valence-corrected chi connectivity index (χ4v) is 1.86. The van der Waals surface area contributed by atoms with E-state index in [4.69, 9.17) is 4.74 Å². The van der Waals surface area contributed by atoms with E-state index in [0.717, 1.165) is 0 Å². The number of hydrogen-bond donors (Lipinski definition) is 1. The van der Waals surface area contributed by atoms with E-state index in [0.29, 0.717) is 32.0 Å². The molecule has 1 unspecified atom stereocenters. The van der Waals surface area contributed by atoms with E-state index < -0.39 is 12.0 Å². The zero-order chi connectivity index (χ0) is 13.0. The van der Waals surface area contributed by atoms with Crippen molar-refractivity contribution >= 4 is 11.6 Å². The molecular weight excluding hydrogens is 237 g/mol. The van der Waals surface area contributed by atoms with E-state index in [1.807, 2.05) is 0 Å². The van der Waals surface area contributed by atoms with Gasteiger partial charge in [0.1, 0.15) is 6.04 Å². The number of amides is 1. The summed E-state index contributed by atoms with van der Waals surface area (Å²) in [7, 11) is 0. The van der Waals surface area contributed by atoms with Gasteiger partial charge in [0.05, 0.1) is 13.2 Å². The normalized spacial score (nSPS) is 17.3. The third kappa shape index (κ3) is 3.16. The number of carbonyl (C=O) groups is 1. The Morgan fingerprint density at radius 3 is 2.94 bits per heavy atom. The third-order valence-corrected chi connectivity index (χ3v) is 2.80. The standard InChI is InChI=1S/C12H16FN3O2/c1-9(12(17)16-4-6-18-7-5-16)15-10-2-3-14-11(13)8-10/h2-3,8-9H,4-7H2,1H3,(H,14,15). The number of halogens is 1. The van der Waals surface area contributed by atoms with Crippen molar-refractivity contribution in [2.75, 3.05) is 31.6 Å². The van der Waals surface area contributed by atoms with Crippen LogP contribution < -0.4 is 5.32 Å². The Labute approximate surface area is 105 Å². The zero-order valence-electron chi connectivity index (χ0n) is 10.2. The zero-order valence-corrected chi connectivity index (χ0v) is 10.2. The Morgan fingerprint density at radius 1 is 1.56 bits per heavy atom. The van der Waals surface area contributed by atoms with Crippen LogP contribution in [0.2, 0.25) is 0 Å². The molecule has 1 atom stereocenters. The van der Waals surface area contributed by atoms with Gasteiger partial charge in [-0.2, -0.15) is 4.39 Å². The summed E-state index contributed by atoms with van der Waals surface area (Å²) in [5.74, 6) is -0.568. The van der Waals surface area contributed by atoms with E-state index in [-0.39, 0.29) is 5.91 Å². The van der Waals surface area contributed by atoms with Gasteiger partial charge in [-0.25, -0.2) is 4.98 Å². The number of rotatable bonds is 3. The highest BCUT2D eigenvalue weighted by Gasteiger charge is 2.22. The number of carbonyl (C=O) groups excluding carboxylic acids is 1. The molecule has 18 heavy (non-hydrogen) atoms. The Morgan fingerprint density at radius 2 is 2.28 bits per heavy atom. The molecule has 0 aromatic carbocycles. The molecule has 2 rings (SSSR count). The lowest BCUT2D eigenvalue weighted by molar-refractivity contribution is -0.135. The van der Waals surface area contributed by atoms with Gasteiger partial charge in [-0.15, -0.1) is 0 Å². The molecule has 1 aliphatic heterocycles. The predicted octanol–water partition coefficient (Wildman–Crippen LogP) is 0.880. The van der Waals surface area contributed by atoms with Crippen molar-refractivity contribution in [1.29, 1.82) is 0 Å². The second-order valence-corrected chi connectivity index (χ2v) is 4.17. The molecule has 2 heterocycles. The van der Waals surface area contributed by atoms with Crippen LogP contribution in [0.25, 0.3) is 0 Å². The van der Waals surface area contributed by atoms with Crippen molar-refractivity contribution in [1.82, 2.24) is 9.88 Å². The first kappa shape index (κ1) is 12.8. The quantitative estimate of drug-likeness (QED) is 0.812. The van der Waals surface area contributed by atoms with Crippen LogP contribution in [0.1, 0.15) is 6.92 Å². The molecule has 1 amide bonds. The predicted molar refractivity (Wildman–Crippen MR) is 64.7 cm³/mol. The van der Waals surface area contributed by atoms with E-state index in [1.54, 1.807) is 17.9 Å². The molecule has 0 saturated carbocycles. The van der Waals surface area contributed by atoms with Crippen molar-refractivity contribution in [2.24, 2.45) is 0 Å². The summed E-state index contributed by atoms with van der Waals surface area (Å²) in [4.78, 5) is 17.3. The van der Waals surface area contributed by atoms with Crippen LogP contribution in [0.3, 0.4) is 0 Å². The molecule has 1 aromatic heterocycles. The van der Waals surface area contributed by atoms with Crippen molar-refractivity contribution in [2.45, 2.75) is 13.0 Å². The fraction of sp³-hybridized carbons (Fsp3) is 0.500. The van der Waals surface area contributed by atoms with Crippen LogP contribution in [0.15, 0.2) is 18.3 Å². The van der Waals surface area contributed by atoms with E-state index >= 15 is 0 Å². The molecule has 0 aliphatic carbocycles. The van der Waals surface area contributed by atoms with E-state index in [1.165, 1.54) is 12.3 Å². The van der Waals surface area contributed by atoms with Gasteiger partial charge in [-0.3, -0.25) is 4.79 Å². The van der Waals surface area contributed by atoms with Crippen LogP contribution in [-0.4, -0.2) is 48.1 Å². The SMILES string of the molecule is CC(Nc1ccnc(F)c1)C(=O)N1CCOCC1. The Hall–Kier alpha value is -1.69. The highest BCUT2D eigenvalue weighted by molar-refractivity contribution is 5.84. The number of aromatic nitrogens is 1. The van der Waals surface area contributed by atoms with Crippen LogP contribution in [0, 0.1) is 5.95 Å². The molecule has 0 radical (unpaired) electrons. The largest absolute Gasteiger partial charge is 0.378 e. The number of hydrogen-bond acceptors (Lipinski definition) is 4. The molecule has 1 fully saturated rings. The number of anilines is 1. The van der Waals surface area contributed by atoms with Crippen molar-refractivity contribution in [3.05, 3.63) is 24.3 Å². The molecule has 0 bridgehead atoms. The monoisotopic (exact) mass is 253 g/mol. The molecule has 0 spiro atoms. The molecule has 1 aromatic rings. The van der Waals surface area contributed by atoms with Crippen molar-refractivity contribution in [3.63, 3.8) is 0 Å². The summed E-state index contributed by atoms with van der Waals surface area (Å²) in [6.45, 7) is 4.12. The smallest absolute Gasteiger partial charge is 0.244 e. The summed E-state index contributed by atoms with van der Waals surface area (Å²) in [5.41, 5.74) is 0.552. The first-order valence-corrected chi connectivity index (χ1v) is 5.91. The number of nitrogens with one attached hydrogen (secondary N) is 1. The third-order valence-electron chi connectivity index (χ3n) is 2.80. The second kappa shape index (κ2) is 5.77. The lowest BCUT2D eigenvalue weighted by atomic mass is 10.2. The molecule has 1 saturated heterocycles. The Bertz CT molecular complexity index is 422. The van der Waals surface area contributed by atoms with Crippen LogP contribution >= 0.6 is 0 Å². The summed E-state index contributed by atoms with van der Waals surface area (Å²) >= 11 is 0. The van der Waals surface area contributed by atoms with E-state index in [2.05, 4.69) is 10.3 Å². The molecule has 6 heteroatoms. The van der Waals surface area contributed by atoms with Gasteiger partial charge in [0.2, 0.25) is 11.9 Å². The first-order chi connectivity index (χ1) is 8.66. The first-order valence-electron chi connectivity index (χ1n) is 5.91. The minimum absolute atomic E-state index is 0.00415. The maximum absolute atomic E-state index is 12.9. The second-order valence-electron chi connectivity index (χ2n) is 4.17. The minimum atomic E-state index is -0.564. The number of pyridine rings is 1. The maximum Gasteiger partial charge on any atom is 0.244 e. The molecule has 1 aliphatic rings. The lowest BCUT2D eigenvalue weighted by Gasteiger charge is -2.29. The number of ether oxygens (including phenoxy) is 1. The average Bonchev–Trinajstić information content (AvgIpc) is 2.39. The van der Waals surface area contributed by atoms with E-state index in [9.17, 15) is 9.18 Å². The minimum Gasteiger partial charge on any atom is -0.378 e. The highest BCUT2D eigenvalue weighted by atomic mass is 19.1. The van der Waals surface area contributed by atoms with Gasteiger partial charge in [0, 0.05) is 31.0 Å². The summed E-state index contributed by atoms with van der Waals surface area (Å²) in [6, 6.07) is 2.50.